The number of carbonyl (C=O) groups is 1. The van der Waals surface area contributed by atoms with Gasteiger partial charge in [0.05, 0.1) is 31.4 Å². The minimum absolute atomic E-state index is 0.158. The van der Waals surface area contributed by atoms with Crippen molar-refractivity contribution in [1.82, 2.24) is 15.3 Å². The fourth-order valence-electron chi connectivity index (χ4n) is 3.22. The molecule has 4 rings (SSSR count). The minimum Gasteiger partial charge on any atom is -0.444 e. The Balaban J connectivity index is 1.61. The molecule has 0 spiro atoms. The average molecular weight is 529 g/mol. The lowest BCUT2D eigenvalue weighted by atomic mass is 10.2. The second-order valence-electron chi connectivity index (χ2n) is 8.48. The number of carbonyl (C=O) groups excluding carboxylic acids is 1. The standard InChI is InChI=1S/C24H24N4O4S3/c1-24(2,3)32-23(29)26-14-25-20-13-19(22(33-4)34-20)35(30,31)16-9-7-8-15(12-16)21-27-17-10-5-6-11-18(17)28-21/h5-14H,1-4H3,(H,27,28)(H,25,26,29). The van der Waals surface area contributed by atoms with Crippen LogP contribution in [0.1, 0.15) is 20.8 Å². The highest BCUT2D eigenvalue weighted by Crippen LogP contribution is 2.41. The number of sulfone groups is 1. The SMILES string of the molecule is CSc1sc(N=CNC(=O)OC(C)(C)C)cc1S(=O)(=O)c1cccc(-c2nc3ccccc3[nH]2)c1. The number of imidazole rings is 1. The van der Waals surface area contributed by atoms with Crippen molar-refractivity contribution in [2.75, 3.05) is 6.26 Å². The Kier molecular flexibility index (Phi) is 7.02. The maximum atomic E-state index is 13.5. The molecule has 1 amide bonds. The number of ether oxygens (including phenoxy) is 1. The van der Waals surface area contributed by atoms with Gasteiger partial charge in [0, 0.05) is 5.56 Å². The van der Waals surface area contributed by atoms with Crippen molar-refractivity contribution in [2.45, 2.75) is 40.4 Å². The second kappa shape index (κ2) is 9.84. The highest BCUT2D eigenvalue weighted by Gasteiger charge is 2.25. The van der Waals surface area contributed by atoms with Crippen LogP contribution in [0.2, 0.25) is 0 Å². The Hall–Kier alpha value is -3.15. The van der Waals surface area contributed by atoms with Gasteiger partial charge in [-0.05, 0) is 57.4 Å². The Morgan fingerprint density at radius 2 is 1.94 bits per heavy atom. The van der Waals surface area contributed by atoms with Crippen LogP contribution in [0.5, 0.6) is 0 Å². The molecule has 0 aliphatic carbocycles. The van der Waals surface area contributed by atoms with Crippen LogP contribution in [0.15, 0.2) is 73.6 Å². The minimum atomic E-state index is -3.82. The van der Waals surface area contributed by atoms with E-state index < -0.39 is 21.5 Å². The molecule has 0 atom stereocenters. The summed E-state index contributed by atoms with van der Waals surface area (Å²) in [5.74, 6) is 0.595. The van der Waals surface area contributed by atoms with Gasteiger partial charge >= 0.3 is 6.09 Å². The van der Waals surface area contributed by atoms with Gasteiger partial charge in [-0.25, -0.2) is 23.2 Å². The first kappa shape index (κ1) is 25.0. The smallest absolute Gasteiger partial charge is 0.412 e. The van der Waals surface area contributed by atoms with Crippen LogP contribution in [0, 0.1) is 0 Å². The fourth-order valence-corrected chi connectivity index (χ4v) is 7.09. The third kappa shape index (κ3) is 5.75. The van der Waals surface area contributed by atoms with Crippen molar-refractivity contribution in [3.63, 3.8) is 0 Å². The number of aliphatic imine (C=N–C) groups is 1. The molecule has 2 N–H and O–H groups in total. The van der Waals surface area contributed by atoms with E-state index in [-0.39, 0.29) is 9.79 Å². The van der Waals surface area contributed by atoms with Gasteiger partial charge in [0.25, 0.3) is 0 Å². The summed E-state index contributed by atoms with van der Waals surface area (Å²) in [6, 6.07) is 15.8. The Morgan fingerprint density at radius 1 is 1.17 bits per heavy atom. The summed E-state index contributed by atoms with van der Waals surface area (Å²) in [6.45, 7) is 5.27. The van der Waals surface area contributed by atoms with Crippen LogP contribution in [0.4, 0.5) is 9.80 Å². The van der Waals surface area contributed by atoms with E-state index in [4.69, 9.17) is 4.74 Å². The first-order valence-electron chi connectivity index (χ1n) is 10.6. The maximum absolute atomic E-state index is 13.5. The number of H-pyrrole nitrogens is 1. The van der Waals surface area contributed by atoms with Crippen LogP contribution in [0.3, 0.4) is 0 Å². The van der Waals surface area contributed by atoms with Crippen molar-refractivity contribution in [2.24, 2.45) is 4.99 Å². The lowest BCUT2D eigenvalue weighted by Crippen LogP contribution is -2.31. The van der Waals surface area contributed by atoms with E-state index in [2.05, 4.69) is 20.3 Å². The van der Waals surface area contributed by atoms with Crippen LogP contribution in [-0.2, 0) is 14.6 Å². The molecular weight excluding hydrogens is 504 g/mol. The molecule has 0 saturated carbocycles. The number of aromatic amines is 1. The number of rotatable bonds is 6. The summed E-state index contributed by atoms with van der Waals surface area (Å²) in [4.78, 5) is 24.1. The molecule has 2 aromatic heterocycles. The van der Waals surface area contributed by atoms with E-state index in [1.54, 1.807) is 39.0 Å². The molecule has 2 aromatic carbocycles. The molecule has 11 heteroatoms. The van der Waals surface area contributed by atoms with E-state index in [1.807, 2.05) is 36.6 Å². The average Bonchev–Trinajstić information content (AvgIpc) is 3.42. The van der Waals surface area contributed by atoms with Crippen molar-refractivity contribution in [1.29, 1.82) is 0 Å². The number of aromatic nitrogens is 2. The van der Waals surface area contributed by atoms with E-state index >= 15 is 0 Å². The number of thioether (sulfide) groups is 1. The number of nitrogens with one attached hydrogen (secondary N) is 2. The Bertz CT molecular complexity index is 1480. The molecular formula is C24H24N4O4S3. The molecule has 0 aliphatic rings. The van der Waals surface area contributed by atoms with Gasteiger partial charge in [-0.3, -0.25) is 5.32 Å². The summed E-state index contributed by atoms with van der Waals surface area (Å²) in [5.41, 5.74) is 1.72. The topological polar surface area (TPSA) is 114 Å². The summed E-state index contributed by atoms with van der Waals surface area (Å²) < 4.78 is 32.8. The molecule has 0 unspecified atom stereocenters. The van der Waals surface area contributed by atoms with Gasteiger partial charge in [-0.15, -0.1) is 23.1 Å². The maximum Gasteiger partial charge on any atom is 0.412 e. The number of nitrogens with zero attached hydrogens (tertiary/aromatic N) is 2. The molecule has 0 saturated heterocycles. The molecule has 0 fully saturated rings. The number of thiophene rings is 1. The number of amides is 1. The lowest BCUT2D eigenvalue weighted by molar-refractivity contribution is 0.0565. The van der Waals surface area contributed by atoms with Crippen molar-refractivity contribution in [3.8, 4) is 11.4 Å². The van der Waals surface area contributed by atoms with Gasteiger partial charge in [-0.1, -0.05) is 24.3 Å². The molecule has 0 bridgehead atoms. The first-order valence-corrected chi connectivity index (χ1v) is 14.1. The second-order valence-corrected chi connectivity index (χ2v) is 12.5. The number of hydrogen-bond acceptors (Lipinski definition) is 8. The summed E-state index contributed by atoms with van der Waals surface area (Å²) in [5, 5.41) is 2.87. The van der Waals surface area contributed by atoms with E-state index in [0.717, 1.165) is 11.0 Å². The predicted octanol–water partition coefficient (Wildman–Crippen LogP) is 6.03. The van der Waals surface area contributed by atoms with Gasteiger partial charge in [0.15, 0.2) is 0 Å². The molecule has 2 heterocycles. The molecule has 182 valence electrons. The zero-order valence-electron chi connectivity index (χ0n) is 19.5. The number of fused-ring (bicyclic) bond motifs is 1. The van der Waals surface area contributed by atoms with Gasteiger partial charge < -0.3 is 9.72 Å². The van der Waals surface area contributed by atoms with Crippen molar-refractivity contribution < 1.29 is 17.9 Å². The zero-order valence-corrected chi connectivity index (χ0v) is 22.0. The Morgan fingerprint density at radius 3 is 2.66 bits per heavy atom. The summed E-state index contributed by atoms with van der Waals surface area (Å²) in [7, 11) is -3.82. The largest absolute Gasteiger partial charge is 0.444 e. The highest BCUT2D eigenvalue weighted by atomic mass is 32.2. The quantitative estimate of drug-likeness (QED) is 0.179. The third-order valence-electron chi connectivity index (χ3n) is 4.71. The zero-order chi connectivity index (χ0) is 25.2. The van der Waals surface area contributed by atoms with Gasteiger partial charge in [-0.2, -0.15) is 0 Å². The number of para-hydroxylation sites is 2. The van der Waals surface area contributed by atoms with Crippen molar-refractivity contribution >= 4 is 61.4 Å². The lowest BCUT2D eigenvalue weighted by Gasteiger charge is -2.18. The third-order valence-corrected chi connectivity index (χ3v) is 8.92. The predicted molar refractivity (Wildman–Crippen MR) is 141 cm³/mol. The molecule has 4 aromatic rings. The fraction of sp³-hybridized carbons (Fsp3) is 0.208. The van der Waals surface area contributed by atoms with Gasteiger partial charge in [0.1, 0.15) is 16.4 Å². The molecule has 0 radical (unpaired) electrons. The van der Waals surface area contributed by atoms with Crippen LogP contribution in [0.25, 0.3) is 22.4 Å². The molecule has 0 aliphatic heterocycles. The first-order chi connectivity index (χ1) is 16.6. The van der Waals surface area contributed by atoms with Crippen LogP contribution < -0.4 is 5.32 Å². The molecule has 8 nitrogen and oxygen atoms in total. The normalized spacial score (nSPS) is 12.3. The van der Waals surface area contributed by atoms with Crippen LogP contribution >= 0.6 is 23.1 Å². The highest BCUT2D eigenvalue weighted by molar-refractivity contribution is 8.01. The molecule has 35 heavy (non-hydrogen) atoms. The van der Waals surface area contributed by atoms with Crippen LogP contribution in [-0.4, -0.2) is 42.7 Å². The summed E-state index contributed by atoms with van der Waals surface area (Å²) in [6.07, 6.45) is 2.36. The number of benzene rings is 2. The van der Waals surface area contributed by atoms with Gasteiger partial charge in [0.2, 0.25) is 9.84 Å². The van der Waals surface area contributed by atoms with E-state index in [1.165, 1.54) is 35.5 Å². The number of alkyl carbamates (subject to hydrolysis) is 1. The van der Waals surface area contributed by atoms with E-state index in [9.17, 15) is 13.2 Å². The summed E-state index contributed by atoms with van der Waals surface area (Å²) >= 11 is 2.55. The Labute approximate surface area is 211 Å². The van der Waals surface area contributed by atoms with Crippen molar-refractivity contribution in [3.05, 3.63) is 54.6 Å². The number of hydrogen-bond donors (Lipinski definition) is 2. The monoisotopic (exact) mass is 528 g/mol. The van der Waals surface area contributed by atoms with E-state index in [0.29, 0.717) is 20.6 Å².